The first-order valence-electron chi connectivity index (χ1n) is 4.94. The van der Waals surface area contributed by atoms with E-state index >= 15 is 0 Å². The van der Waals surface area contributed by atoms with Crippen molar-refractivity contribution in [1.82, 2.24) is 4.98 Å². The molecule has 1 N–H and O–H groups in total. The summed E-state index contributed by atoms with van der Waals surface area (Å²) in [4.78, 5) is 4.17. The van der Waals surface area contributed by atoms with Crippen LogP contribution in [-0.2, 0) is 11.2 Å². The van der Waals surface area contributed by atoms with Crippen molar-refractivity contribution < 1.29 is 9.84 Å². The van der Waals surface area contributed by atoms with Crippen LogP contribution in [0, 0.1) is 0 Å². The van der Waals surface area contributed by atoms with Gasteiger partial charge in [0.05, 0.1) is 16.7 Å². The molecule has 0 aromatic carbocycles. The van der Waals surface area contributed by atoms with Crippen LogP contribution in [0.25, 0.3) is 0 Å². The Balaban J connectivity index is 1.83. The largest absolute Gasteiger partial charge is 0.389 e. The summed E-state index contributed by atoms with van der Waals surface area (Å²) in [6.07, 6.45) is 4.21. The zero-order chi connectivity index (χ0) is 10.0. The van der Waals surface area contributed by atoms with Crippen LogP contribution < -0.4 is 0 Å². The van der Waals surface area contributed by atoms with E-state index in [0.29, 0.717) is 6.42 Å². The topological polar surface area (TPSA) is 42.4 Å². The molecule has 2 rings (SSSR count). The summed E-state index contributed by atoms with van der Waals surface area (Å²) in [5.41, 5.74) is -0.558. The fourth-order valence-electron chi connectivity index (χ4n) is 1.91. The summed E-state index contributed by atoms with van der Waals surface area (Å²) in [5.74, 6) is 0. The minimum Gasteiger partial charge on any atom is -0.389 e. The standard InChI is InChI=1S/C10H15NO2S/c1-2-13-8-5-10(12,6-8)7-9-11-3-4-14-9/h3-4,8,12H,2,5-7H2,1H3. The molecular weight excluding hydrogens is 198 g/mol. The molecule has 0 saturated heterocycles. The molecule has 1 aliphatic carbocycles. The zero-order valence-electron chi connectivity index (χ0n) is 8.27. The number of aromatic nitrogens is 1. The number of hydrogen-bond acceptors (Lipinski definition) is 4. The molecule has 1 aliphatic rings. The van der Waals surface area contributed by atoms with Crippen molar-refractivity contribution in [2.24, 2.45) is 0 Å². The molecule has 0 spiro atoms. The van der Waals surface area contributed by atoms with E-state index in [1.165, 1.54) is 0 Å². The molecule has 1 heterocycles. The van der Waals surface area contributed by atoms with E-state index in [9.17, 15) is 5.11 Å². The maximum Gasteiger partial charge on any atom is 0.0953 e. The van der Waals surface area contributed by atoms with Gasteiger partial charge >= 0.3 is 0 Å². The molecule has 1 saturated carbocycles. The monoisotopic (exact) mass is 213 g/mol. The Morgan fingerprint density at radius 1 is 1.71 bits per heavy atom. The van der Waals surface area contributed by atoms with E-state index in [1.54, 1.807) is 17.5 Å². The molecule has 0 atom stereocenters. The van der Waals surface area contributed by atoms with Crippen LogP contribution in [0.5, 0.6) is 0 Å². The first-order valence-corrected chi connectivity index (χ1v) is 5.82. The van der Waals surface area contributed by atoms with Crippen LogP contribution >= 0.6 is 11.3 Å². The first kappa shape index (κ1) is 10.1. The summed E-state index contributed by atoms with van der Waals surface area (Å²) < 4.78 is 5.42. The summed E-state index contributed by atoms with van der Waals surface area (Å²) in [6, 6.07) is 0. The molecule has 1 aromatic rings. The number of thiazole rings is 1. The van der Waals surface area contributed by atoms with Crippen molar-refractivity contribution in [2.75, 3.05) is 6.61 Å². The van der Waals surface area contributed by atoms with Gasteiger partial charge in [0.25, 0.3) is 0 Å². The van der Waals surface area contributed by atoms with Gasteiger partial charge in [0.15, 0.2) is 0 Å². The van der Waals surface area contributed by atoms with Crippen molar-refractivity contribution in [3.63, 3.8) is 0 Å². The van der Waals surface area contributed by atoms with Gasteiger partial charge in [-0.25, -0.2) is 4.98 Å². The highest BCUT2D eigenvalue weighted by atomic mass is 32.1. The van der Waals surface area contributed by atoms with Crippen LogP contribution in [0.15, 0.2) is 11.6 Å². The van der Waals surface area contributed by atoms with Gasteiger partial charge in [-0.2, -0.15) is 0 Å². The summed E-state index contributed by atoms with van der Waals surface area (Å²) >= 11 is 1.60. The van der Waals surface area contributed by atoms with Crippen molar-refractivity contribution in [2.45, 2.75) is 37.9 Å². The quantitative estimate of drug-likeness (QED) is 0.826. The molecule has 0 aliphatic heterocycles. The molecule has 0 amide bonds. The minimum absolute atomic E-state index is 0.255. The number of ether oxygens (including phenoxy) is 1. The summed E-state index contributed by atoms with van der Waals surface area (Å²) in [5, 5.41) is 13.0. The fourth-order valence-corrected chi connectivity index (χ4v) is 2.66. The lowest BCUT2D eigenvalue weighted by atomic mass is 9.75. The summed E-state index contributed by atoms with van der Waals surface area (Å²) in [7, 11) is 0. The lowest BCUT2D eigenvalue weighted by Gasteiger charge is -2.42. The predicted octanol–water partition coefficient (Wildman–Crippen LogP) is 1.62. The normalized spacial score (nSPS) is 31.4. The number of aliphatic hydroxyl groups is 1. The third-order valence-corrected chi connectivity index (χ3v) is 3.36. The van der Waals surface area contributed by atoms with Gasteiger partial charge in [-0.1, -0.05) is 0 Å². The SMILES string of the molecule is CCOC1CC(O)(Cc2nccs2)C1. The van der Waals surface area contributed by atoms with E-state index in [0.717, 1.165) is 24.5 Å². The highest BCUT2D eigenvalue weighted by Crippen LogP contribution is 2.37. The Hall–Kier alpha value is -0.450. The van der Waals surface area contributed by atoms with Gasteiger partial charge in [0.2, 0.25) is 0 Å². The van der Waals surface area contributed by atoms with Crippen LogP contribution in [0.1, 0.15) is 24.8 Å². The zero-order valence-corrected chi connectivity index (χ0v) is 9.09. The Morgan fingerprint density at radius 2 is 2.50 bits per heavy atom. The average Bonchev–Trinajstić information content (AvgIpc) is 2.54. The van der Waals surface area contributed by atoms with E-state index in [4.69, 9.17) is 4.74 Å². The van der Waals surface area contributed by atoms with E-state index in [2.05, 4.69) is 4.98 Å². The molecule has 0 radical (unpaired) electrons. The Bertz CT molecular complexity index is 280. The predicted molar refractivity (Wildman–Crippen MR) is 55.4 cm³/mol. The molecule has 78 valence electrons. The second kappa shape index (κ2) is 3.96. The molecule has 4 heteroatoms. The molecule has 1 fully saturated rings. The van der Waals surface area contributed by atoms with E-state index in [-0.39, 0.29) is 6.10 Å². The Kier molecular flexibility index (Phi) is 2.85. The van der Waals surface area contributed by atoms with Crippen LogP contribution in [-0.4, -0.2) is 28.4 Å². The van der Waals surface area contributed by atoms with Gasteiger partial charge in [-0.3, -0.25) is 0 Å². The molecule has 0 unspecified atom stereocenters. The molecule has 0 bridgehead atoms. The van der Waals surface area contributed by atoms with Gasteiger partial charge in [-0.05, 0) is 6.92 Å². The summed E-state index contributed by atoms with van der Waals surface area (Å²) in [6.45, 7) is 2.72. The van der Waals surface area contributed by atoms with Gasteiger partial charge in [-0.15, -0.1) is 11.3 Å². The van der Waals surface area contributed by atoms with Crippen molar-refractivity contribution >= 4 is 11.3 Å². The van der Waals surface area contributed by atoms with E-state index < -0.39 is 5.60 Å². The number of rotatable bonds is 4. The van der Waals surface area contributed by atoms with E-state index in [1.807, 2.05) is 12.3 Å². The fraction of sp³-hybridized carbons (Fsp3) is 0.700. The lowest BCUT2D eigenvalue weighted by molar-refractivity contribution is -0.136. The maximum absolute atomic E-state index is 10.1. The smallest absolute Gasteiger partial charge is 0.0953 e. The van der Waals surface area contributed by atoms with Crippen LogP contribution in [0.4, 0.5) is 0 Å². The third kappa shape index (κ3) is 2.13. The third-order valence-electron chi connectivity index (χ3n) is 2.58. The highest BCUT2D eigenvalue weighted by molar-refractivity contribution is 7.09. The Labute approximate surface area is 87.7 Å². The van der Waals surface area contributed by atoms with Crippen molar-refractivity contribution in [3.05, 3.63) is 16.6 Å². The molecular formula is C10H15NO2S. The first-order chi connectivity index (χ1) is 6.72. The molecule has 3 nitrogen and oxygen atoms in total. The van der Waals surface area contributed by atoms with Crippen LogP contribution in [0.2, 0.25) is 0 Å². The van der Waals surface area contributed by atoms with Gasteiger partial charge < -0.3 is 9.84 Å². The molecule has 14 heavy (non-hydrogen) atoms. The van der Waals surface area contributed by atoms with Gasteiger partial charge in [0.1, 0.15) is 0 Å². The Morgan fingerprint density at radius 3 is 3.07 bits per heavy atom. The average molecular weight is 213 g/mol. The second-order valence-corrected chi connectivity index (χ2v) is 4.79. The number of hydrogen-bond donors (Lipinski definition) is 1. The minimum atomic E-state index is -0.558. The van der Waals surface area contributed by atoms with Crippen LogP contribution in [0.3, 0.4) is 0 Å². The number of nitrogens with zero attached hydrogens (tertiary/aromatic N) is 1. The van der Waals surface area contributed by atoms with Crippen molar-refractivity contribution in [1.29, 1.82) is 0 Å². The maximum atomic E-state index is 10.1. The molecule has 1 aromatic heterocycles. The van der Waals surface area contributed by atoms with Crippen molar-refractivity contribution in [3.8, 4) is 0 Å². The highest BCUT2D eigenvalue weighted by Gasteiger charge is 2.43. The van der Waals surface area contributed by atoms with Gasteiger partial charge in [0, 0.05) is 37.4 Å². The second-order valence-electron chi connectivity index (χ2n) is 3.81. The lowest BCUT2D eigenvalue weighted by Crippen LogP contribution is -2.49.